The lowest BCUT2D eigenvalue weighted by Gasteiger charge is -2.57. The third kappa shape index (κ3) is 2.92. The Morgan fingerprint density at radius 1 is 0.774 bits per heavy atom. The lowest BCUT2D eigenvalue weighted by molar-refractivity contribution is -0.00611. The molecule has 0 aromatic heterocycles. The highest BCUT2D eigenvalue weighted by Gasteiger charge is 2.52. The number of carboxylic acid groups (broad SMARTS) is 1. The number of phenols is 2. The van der Waals surface area contributed by atoms with Crippen LogP contribution < -0.4 is 0 Å². The molecule has 3 aromatic rings. The van der Waals surface area contributed by atoms with Crippen molar-refractivity contribution in [1.82, 2.24) is 0 Å². The zero-order valence-corrected chi connectivity index (χ0v) is 17.3. The van der Waals surface area contributed by atoms with Crippen LogP contribution in [0.2, 0.25) is 0 Å². The largest absolute Gasteiger partial charge is 0.508 e. The van der Waals surface area contributed by atoms with Crippen molar-refractivity contribution in [3.8, 4) is 22.6 Å². The van der Waals surface area contributed by atoms with E-state index in [1.54, 1.807) is 6.07 Å². The van der Waals surface area contributed by atoms with Gasteiger partial charge in [0, 0.05) is 10.9 Å². The van der Waals surface area contributed by atoms with E-state index in [0.717, 1.165) is 34.4 Å². The number of hydrogen-bond acceptors (Lipinski definition) is 3. The average molecular weight is 415 g/mol. The Labute approximate surface area is 181 Å². The van der Waals surface area contributed by atoms with E-state index in [1.165, 1.54) is 44.6 Å². The van der Waals surface area contributed by atoms with E-state index >= 15 is 0 Å². The summed E-state index contributed by atoms with van der Waals surface area (Å²) in [6.07, 6.45) is 7.65. The second-order valence-corrected chi connectivity index (χ2v) is 10.2. The van der Waals surface area contributed by atoms with Gasteiger partial charge in [0.05, 0.1) is 5.56 Å². The summed E-state index contributed by atoms with van der Waals surface area (Å²) in [5, 5.41) is 31.8. The molecule has 31 heavy (non-hydrogen) atoms. The van der Waals surface area contributed by atoms with Gasteiger partial charge in [0.15, 0.2) is 0 Å². The number of fused-ring (bicyclic) bond motifs is 1. The van der Waals surface area contributed by atoms with Crippen molar-refractivity contribution in [1.29, 1.82) is 0 Å². The molecule has 4 saturated carbocycles. The van der Waals surface area contributed by atoms with Crippen molar-refractivity contribution in [2.45, 2.75) is 43.9 Å². The van der Waals surface area contributed by atoms with Gasteiger partial charge in [0.1, 0.15) is 11.5 Å². The minimum absolute atomic E-state index is 0.0307. The number of carboxylic acids is 1. The highest BCUT2D eigenvalue weighted by atomic mass is 16.4. The van der Waals surface area contributed by atoms with Crippen molar-refractivity contribution in [2.75, 3.05) is 0 Å². The molecule has 158 valence electrons. The first-order valence-electron chi connectivity index (χ1n) is 11.2. The van der Waals surface area contributed by atoms with E-state index in [0.29, 0.717) is 16.5 Å². The van der Waals surface area contributed by atoms with E-state index in [1.807, 2.05) is 30.3 Å². The zero-order chi connectivity index (χ0) is 21.3. The molecule has 4 aliphatic carbocycles. The average Bonchev–Trinajstić information content (AvgIpc) is 2.72. The fourth-order valence-corrected chi connectivity index (χ4v) is 7.22. The molecule has 4 aliphatic rings. The number of carbonyl (C=O) groups is 1. The summed E-state index contributed by atoms with van der Waals surface area (Å²) in [5.41, 5.74) is 3.25. The maximum Gasteiger partial charge on any atom is 0.335 e. The van der Waals surface area contributed by atoms with Crippen LogP contribution in [0.3, 0.4) is 0 Å². The van der Waals surface area contributed by atoms with E-state index in [4.69, 9.17) is 0 Å². The molecule has 4 heteroatoms. The van der Waals surface area contributed by atoms with Gasteiger partial charge in [0.2, 0.25) is 0 Å². The zero-order valence-electron chi connectivity index (χ0n) is 17.3. The maximum absolute atomic E-state index is 11.3. The van der Waals surface area contributed by atoms with Gasteiger partial charge in [-0.3, -0.25) is 0 Å². The topological polar surface area (TPSA) is 77.8 Å². The molecule has 0 unspecified atom stereocenters. The van der Waals surface area contributed by atoms with E-state index in [2.05, 4.69) is 6.07 Å². The summed E-state index contributed by atoms with van der Waals surface area (Å²) >= 11 is 0. The van der Waals surface area contributed by atoms with Crippen molar-refractivity contribution < 1.29 is 20.1 Å². The standard InChI is InChI=1S/C27H26O4/c28-24-4-3-19(10-23(24)27-12-15-5-16(13-27)7-17(6-15)14-27)18-1-2-20-8-21(26(30)31)11-25(29)22(20)9-18/h1-4,8-11,15-17,28-29H,5-7,12-14H2,(H,30,31). The highest BCUT2D eigenvalue weighted by Crippen LogP contribution is 2.62. The second kappa shape index (κ2) is 6.49. The number of aromatic carboxylic acids is 1. The molecular formula is C27H26O4. The number of rotatable bonds is 3. The van der Waals surface area contributed by atoms with Gasteiger partial charge < -0.3 is 15.3 Å². The van der Waals surface area contributed by atoms with E-state index in [9.17, 15) is 20.1 Å². The summed E-state index contributed by atoms with van der Waals surface area (Å²) < 4.78 is 0. The molecule has 0 saturated heterocycles. The molecule has 0 heterocycles. The molecule has 0 spiro atoms. The molecule has 7 rings (SSSR count). The lowest BCUT2D eigenvalue weighted by atomic mass is 9.48. The Kier molecular flexibility index (Phi) is 3.92. The minimum Gasteiger partial charge on any atom is -0.508 e. The number of hydrogen-bond donors (Lipinski definition) is 3. The first kappa shape index (κ1) is 18.7. The van der Waals surface area contributed by atoms with Crippen LogP contribution in [0, 0.1) is 17.8 Å². The van der Waals surface area contributed by atoms with Gasteiger partial charge in [-0.25, -0.2) is 4.79 Å². The predicted molar refractivity (Wildman–Crippen MR) is 120 cm³/mol. The van der Waals surface area contributed by atoms with E-state index < -0.39 is 5.97 Å². The summed E-state index contributed by atoms with van der Waals surface area (Å²) in [6, 6.07) is 14.5. The summed E-state index contributed by atoms with van der Waals surface area (Å²) in [5.74, 6) is 1.72. The Balaban J connectivity index is 1.44. The summed E-state index contributed by atoms with van der Waals surface area (Å²) in [6.45, 7) is 0. The number of phenolic OH excluding ortho intramolecular Hbond substituents is 2. The molecule has 4 fully saturated rings. The monoisotopic (exact) mass is 414 g/mol. The highest BCUT2D eigenvalue weighted by molar-refractivity contribution is 5.99. The van der Waals surface area contributed by atoms with Crippen LogP contribution in [0.4, 0.5) is 0 Å². The minimum atomic E-state index is -1.06. The van der Waals surface area contributed by atoms with Crippen LogP contribution in [0.5, 0.6) is 11.5 Å². The first-order valence-corrected chi connectivity index (χ1v) is 11.2. The quantitative estimate of drug-likeness (QED) is 0.485. The molecule has 0 aliphatic heterocycles. The molecule has 0 radical (unpaired) electrons. The van der Waals surface area contributed by atoms with Crippen LogP contribution in [-0.2, 0) is 5.41 Å². The van der Waals surface area contributed by atoms with Gasteiger partial charge in [-0.1, -0.05) is 18.2 Å². The van der Waals surface area contributed by atoms with E-state index in [-0.39, 0.29) is 16.7 Å². The SMILES string of the molecule is O=C(O)c1cc(O)c2cc(-c3ccc(O)c(C45CC6CC(CC(C6)C4)C5)c3)ccc2c1. The molecule has 4 bridgehead atoms. The molecule has 3 aromatic carbocycles. The van der Waals surface area contributed by atoms with Gasteiger partial charge in [-0.05, 0) is 109 Å². The fourth-order valence-electron chi connectivity index (χ4n) is 7.22. The normalized spacial score (nSPS) is 28.8. The van der Waals surface area contributed by atoms with Crippen LogP contribution in [-0.4, -0.2) is 21.3 Å². The van der Waals surface area contributed by atoms with Crippen LogP contribution in [0.1, 0.15) is 54.4 Å². The number of benzene rings is 3. The molecule has 4 nitrogen and oxygen atoms in total. The third-order valence-electron chi connectivity index (χ3n) is 8.12. The molecule has 3 N–H and O–H groups in total. The molecule has 0 atom stereocenters. The number of aromatic hydroxyl groups is 2. The van der Waals surface area contributed by atoms with Crippen molar-refractivity contribution in [3.05, 3.63) is 59.7 Å². The van der Waals surface area contributed by atoms with Crippen LogP contribution in [0.25, 0.3) is 21.9 Å². The van der Waals surface area contributed by atoms with Crippen LogP contribution in [0.15, 0.2) is 48.5 Å². The fraction of sp³-hybridized carbons (Fsp3) is 0.370. The summed E-state index contributed by atoms with van der Waals surface area (Å²) in [7, 11) is 0. The Bertz CT molecular complexity index is 1190. The van der Waals surface area contributed by atoms with Gasteiger partial charge >= 0.3 is 5.97 Å². The Morgan fingerprint density at radius 2 is 1.39 bits per heavy atom. The van der Waals surface area contributed by atoms with Crippen LogP contribution >= 0.6 is 0 Å². The smallest absolute Gasteiger partial charge is 0.335 e. The van der Waals surface area contributed by atoms with Gasteiger partial charge in [0.25, 0.3) is 0 Å². The predicted octanol–water partition coefficient (Wildman–Crippen LogP) is 6.08. The first-order chi connectivity index (χ1) is 14.9. The molecule has 0 amide bonds. The van der Waals surface area contributed by atoms with Crippen molar-refractivity contribution in [2.24, 2.45) is 17.8 Å². The third-order valence-corrected chi connectivity index (χ3v) is 8.12. The Hall–Kier alpha value is -3.01. The second-order valence-electron chi connectivity index (χ2n) is 10.2. The van der Waals surface area contributed by atoms with Gasteiger partial charge in [-0.15, -0.1) is 0 Å². The maximum atomic E-state index is 11.3. The van der Waals surface area contributed by atoms with Gasteiger partial charge in [-0.2, -0.15) is 0 Å². The van der Waals surface area contributed by atoms with Crippen molar-refractivity contribution >= 4 is 16.7 Å². The Morgan fingerprint density at radius 3 is 2.03 bits per heavy atom. The molecular weight excluding hydrogens is 388 g/mol. The lowest BCUT2D eigenvalue weighted by Crippen LogP contribution is -2.48. The summed E-state index contributed by atoms with van der Waals surface area (Å²) in [4.78, 5) is 11.3. The van der Waals surface area contributed by atoms with Crippen molar-refractivity contribution in [3.63, 3.8) is 0 Å².